The van der Waals surface area contributed by atoms with Crippen molar-refractivity contribution in [1.29, 1.82) is 0 Å². The number of nitrogens with one attached hydrogen (secondary N) is 2. The fourth-order valence-electron chi connectivity index (χ4n) is 2.31. The summed E-state index contributed by atoms with van der Waals surface area (Å²) in [5.41, 5.74) is 1.65. The van der Waals surface area contributed by atoms with Crippen LogP contribution in [0, 0.1) is 12.3 Å². The average molecular weight is 309 g/mol. The summed E-state index contributed by atoms with van der Waals surface area (Å²) in [5, 5.41) is 2.96. The van der Waals surface area contributed by atoms with E-state index in [0.29, 0.717) is 0 Å². The van der Waals surface area contributed by atoms with Gasteiger partial charge in [0.2, 0.25) is 0 Å². The summed E-state index contributed by atoms with van der Waals surface area (Å²) in [6.45, 7) is 16.1. The van der Waals surface area contributed by atoms with Gasteiger partial charge in [0.25, 0.3) is 0 Å². The highest BCUT2D eigenvalue weighted by Gasteiger charge is 2.27. The molecule has 0 aliphatic carbocycles. The quantitative estimate of drug-likeness (QED) is 0.872. The molecule has 0 bridgehead atoms. The van der Waals surface area contributed by atoms with Crippen LogP contribution in [0.15, 0.2) is 0 Å². The minimum atomic E-state index is -0.510. The summed E-state index contributed by atoms with van der Waals surface area (Å²) >= 11 is 0. The van der Waals surface area contributed by atoms with E-state index in [-0.39, 0.29) is 11.5 Å². The Balaban J connectivity index is 2.95. The maximum Gasteiger partial charge on any atom is 0.408 e. The van der Waals surface area contributed by atoms with Gasteiger partial charge >= 0.3 is 6.09 Å². The van der Waals surface area contributed by atoms with E-state index in [0.717, 1.165) is 30.1 Å². The molecule has 0 radical (unpaired) electrons. The zero-order valence-electron chi connectivity index (χ0n) is 15.3. The first-order chi connectivity index (χ1) is 9.91. The molecule has 1 rings (SSSR count). The van der Waals surface area contributed by atoms with Crippen molar-refractivity contribution >= 4 is 6.09 Å². The van der Waals surface area contributed by atoms with E-state index < -0.39 is 11.7 Å². The number of aromatic nitrogens is 2. The van der Waals surface area contributed by atoms with Crippen LogP contribution >= 0.6 is 0 Å². The minimum Gasteiger partial charge on any atom is -0.444 e. The van der Waals surface area contributed by atoms with Crippen LogP contribution in [0.1, 0.15) is 78.1 Å². The largest absolute Gasteiger partial charge is 0.444 e. The number of aromatic amines is 1. The molecule has 1 aromatic rings. The van der Waals surface area contributed by atoms with Crippen molar-refractivity contribution in [1.82, 2.24) is 15.3 Å². The highest BCUT2D eigenvalue weighted by molar-refractivity contribution is 5.68. The Bertz CT molecular complexity index is 507. The van der Waals surface area contributed by atoms with Crippen molar-refractivity contribution in [3.63, 3.8) is 0 Å². The maximum atomic E-state index is 12.1. The van der Waals surface area contributed by atoms with E-state index in [1.165, 1.54) is 0 Å². The normalized spacial score (nSPS) is 13.8. The summed E-state index contributed by atoms with van der Waals surface area (Å²) in [5.74, 6) is 0.801. The Morgan fingerprint density at radius 1 is 1.27 bits per heavy atom. The van der Waals surface area contributed by atoms with Gasteiger partial charge in [0.1, 0.15) is 11.4 Å². The number of hydrogen-bond acceptors (Lipinski definition) is 3. The van der Waals surface area contributed by atoms with Crippen LogP contribution in [0.2, 0.25) is 0 Å². The van der Waals surface area contributed by atoms with Crippen LogP contribution in [0.25, 0.3) is 0 Å². The number of imidazole rings is 1. The molecule has 1 heterocycles. The highest BCUT2D eigenvalue weighted by Crippen LogP contribution is 2.29. The van der Waals surface area contributed by atoms with Gasteiger partial charge in [0.15, 0.2) is 0 Å². The Kier molecular flexibility index (Phi) is 5.65. The van der Waals surface area contributed by atoms with Gasteiger partial charge in [-0.15, -0.1) is 0 Å². The Morgan fingerprint density at radius 2 is 1.86 bits per heavy atom. The molecular weight excluding hydrogens is 278 g/mol. The summed E-state index contributed by atoms with van der Waals surface area (Å²) < 4.78 is 5.38. The third-order valence-electron chi connectivity index (χ3n) is 3.18. The van der Waals surface area contributed by atoms with Crippen molar-refractivity contribution in [3.8, 4) is 0 Å². The summed E-state index contributed by atoms with van der Waals surface area (Å²) in [6.07, 6.45) is 1.24. The van der Waals surface area contributed by atoms with E-state index in [9.17, 15) is 4.79 Å². The van der Waals surface area contributed by atoms with Crippen LogP contribution in [-0.4, -0.2) is 21.7 Å². The van der Waals surface area contributed by atoms with E-state index in [4.69, 9.17) is 4.74 Å². The van der Waals surface area contributed by atoms with Crippen LogP contribution in [0.5, 0.6) is 0 Å². The standard InChI is InChI=1S/C17H31N3O2/c1-9-12-11(2)18-14(19-12)13(10-16(3,4)5)20-15(21)22-17(6,7)8/h13H,9-10H2,1-8H3,(H,18,19)(H,20,21). The van der Waals surface area contributed by atoms with Crippen LogP contribution in [-0.2, 0) is 11.2 Å². The molecule has 0 aliphatic heterocycles. The molecule has 126 valence electrons. The zero-order chi connectivity index (χ0) is 17.1. The first-order valence-electron chi connectivity index (χ1n) is 7.96. The fourth-order valence-corrected chi connectivity index (χ4v) is 2.31. The Morgan fingerprint density at radius 3 is 2.27 bits per heavy atom. The number of amides is 1. The molecule has 2 N–H and O–H groups in total. The number of rotatable bonds is 4. The van der Waals surface area contributed by atoms with Crippen LogP contribution in [0.4, 0.5) is 4.79 Å². The lowest BCUT2D eigenvalue weighted by atomic mass is 9.88. The summed E-state index contributed by atoms with van der Waals surface area (Å²) in [4.78, 5) is 20.1. The lowest BCUT2D eigenvalue weighted by Crippen LogP contribution is -2.36. The van der Waals surface area contributed by atoms with Gasteiger partial charge in [-0.1, -0.05) is 27.7 Å². The first-order valence-corrected chi connectivity index (χ1v) is 7.96. The lowest BCUT2D eigenvalue weighted by Gasteiger charge is -2.27. The molecule has 1 aromatic heterocycles. The number of ether oxygens (including phenoxy) is 1. The molecule has 0 saturated heterocycles. The summed E-state index contributed by atoms with van der Waals surface area (Å²) in [6, 6.07) is -0.186. The Labute approximate surface area is 134 Å². The van der Waals surface area contributed by atoms with E-state index in [1.54, 1.807) is 0 Å². The number of carbonyl (C=O) groups is 1. The van der Waals surface area contributed by atoms with Gasteiger partial charge in [0.05, 0.1) is 11.7 Å². The summed E-state index contributed by atoms with van der Waals surface area (Å²) in [7, 11) is 0. The van der Waals surface area contributed by atoms with E-state index in [1.807, 2.05) is 27.7 Å². The van der Waals surface area contributed by atoms with Crippen LogP contribution < -0.4 is 5.32 Å². The second-order valence-electron chi connectivity index (χ2n) is 8.01. The molecule has 5 nitrogen and oxygen atoms in total. The number of H-pyrrole nitrogens is 1. The second-order valence-corrected chi connectivity index (χ2v) is 8.01. The molecule has 5 heteroatoms. The molecule has 1 unspecified atom stereocenters. The molecule has 0 spiro atoms. The SMILES string of the molecule is CCc1nc(C(CC(C)(C)C)NC(=O)OC(C)(C)C)[nH]c1C. The maximum absolute atomic E-state index is 12.1. The molecule has 0 fully saturated rings. The smallest absolute Gasteiger partial charge is 0.408 e. The van der Waals surface area contributed by atoms with Gasteiger partial charge < -0.3 is 15.0 Å². The third-order valence-corrected chi connectivity index (χ3v) is 3.18. The number of hydrogen-bond donors (Lipinski definition) is 2. The highest BCUT2D eigenvalue weighted by atomic mass is 16.6. The predicted octanol–water partition coefficient (Wildman–Crippen LogP) is 4.28. The van der Waals surface area contributed by atoms with Crippen molar-refractivity contribution in [2.24, 2.45) is 5.41 Å². The first kappa shape index (κ1) is 18.5. The number of aryl methyl sites for hydroxylation is 2. The topological polar surface area (TPSA) is 67.0 Å². The molecular formula is C17H31N3O2. The fraction of sp³-hybridized carbons (Fsp3) is 0.765. The number of carbonyl (C=O) groups excluding carboxylic acids is 1. The van der Waals surface area contributed by atoms with Crippen molar-refractivity contribution in [2.75, 3.05) is 0 Å². The minimum absolute atomic E-state index is 0.0623. The molecule has 0 aliphatic rings. The molecule has 1 amide bonds. The lowest BCUT2D eigenvalue weighted by molar-refractivity contribution is 0.0489. The molecule has 1 atom stereocenters. The van der Waals surface area contributed by atoms with E-state index in [2.05, 4.69) is 43.0 Å². The second kappa shape index (κ2) is 6.71. The van der Waals surface area contributed by atoms with E-state index >= 15 is 0 Å². The van der Waals surface area contributed by atoms with Crippen molar-refractivity contribution < 1.29 is 9.53 Å². The van der Waals surface area contributed by atoms with Gasteiger partial charge in [-0.25, -0.2) is 9.78 Å². The van der Waals surface area contributed by atoms with Crippen LogP contribution in [0.3, 0.4) is 0 Å². The molecule has 22 heavy (non-hydrogen) atoms. The van der Waals surface area contributed by atoms with Gasteiger partial charge in [-0.05, 0) is 46.0 Å². The van der Waals surface area contributed by atoms with Crippen molar-refractivity contribution in [2.45, 2.75) is 79.9 Å². The number of alkyl carbamates (subject to hydrolysis) is 1. The monoisotopic (exact) mass is 309 g/mol. The van der Waals surface area contributed by atoms with Crippen molar-refractivity contribution in [3.05, 3.63) is 17.2 Å². The number of nitrogens with zero attached hydrogens (tertiary/aromatic N) is 1. The average Bonchev–Trinajstić information content (AvgIpc) is 2.65. The molecule has 0 aromatic carbocycles. The predicted molar refractivity (Wildman–Crippen MR) is 88.9 cm³/mol. The van der Waals surface area contributed by atoms with Gasteiger partial charge in [-0.3, -0.25) is 0 Å². The zero-order valence-corrected chi connectivity index (χ0v) is 15.3. The van der Waals surface area contributed by atoms with Gasteiger partial charge in [-0.2, -0.15) is 0 Å². The van der Waals surface area contributed by atoms with Gasteiger partial charge in [0, 0.05) is 5.69 Å². The Hall–Kier alpha value is -1.52. The molecule has 0 saturated carbocycles. The third kappa shape index (κ3) is 6.08.